The fourth-order valence-corrected chi connectivity index (χ4v) is 2.81. The predicted octanol–water partition coefficient (Wildman–Crippen LogP) is 4.84. The first kappa shape index (κ1) is 13.3. The Balaban J connectivity index is 1.83. The van der Waals surface area contributed by atoms with Crippen molar-refractivity contribution >= 4 is 17.3 Å². The van der Waals surface area contributed by atoms with Crippen LogP contribution in [0.2, 0.25) is 5.02 Å². The summed E-state index contributed by atoms with van der Waals surface area (Å²) in [5.41, 5.74) is 3.67. The van der Waals surface area contributed by atoms with Crippen LogP contribution in [0.3, 0.4) is 0 Å². The minimum atomic E-state index is 0.291. The first-order chi connectivity index (χ1) is 9.76. The Bertz CT molecular complexity index is 612. The molecule has 3 rings (SSSR count). The third-order valence-electron chi connectivity index (χ3n) is 3.69. The van der Waals surface area contributed by atoms with Gasteiger partial charge in [-0.2, -0.15) is 0 Å². The monoisotopic (exact) mass is 287 g/mol. The summed E-state index contributed by atoms with van der Waals surface area (Å²) in [6, 6.07) is 14.6. The molecule has 2 nitrogen and oxygen atoms in total. The van der Waals surface area contributed by atoms with Crippen LogP contribution < -0.4 is 10.1 Å². The fourth-order valence-electron chi connectivity index (χ4n) is 2.62. The summed E-state index contributed by atoms with van der Waals surface area (Å²) in [7, 11) is 0. The molecule has 1 aliphatic heterocycles. The summed E-state index contributed by atoms with van der Waals surface area (Å²) in [5, 5.41) is 4.31. The van der Waals surface area contributed by atoms with Crippen molar-refractivity contribution in [3.63, 3.8) is 0 Å². The van der Waals surface area contributed by atoms with Crippen molar-refractivity contribution in [2.24, 2.45) is 0 Å². The van der Waals surface area contributed by atoms with Gasteiger partial charge >= 0.3 is 0 Å². The molecule has 0 radical (unpaired) electrons. The van der Waals surface area contributed by atoms with Gasteiger partial charge in [0.05, 0.1) is 12.6 Å². The van der Waals surface area contributed by atoms with Crippen molar-refractivity contribution in [2.75, 3.05) is 11.9 Å². The number of hydrogen-bond acceptors (Lipinski definition) is 2. The van der Waals surface area contributed by atoms with E-state index in [2.05, 4.69) is 30.4 Å². The quantitative estimate of drug-likeness (QED) is 0.869. The van der Waals surface area contributed by atoms with Gasteiger partial charge in [-0.1, -0.05) is 30.7 Å². The third kappa shape index (κ3) is 2.75. The number of nitrogens with one attached hydrogen (secondary N) is 1. The summed E-state index contributed by atoms with van der Waals surface area (Å²) in [4.78, 5) is 0. The highest BCUT2D eigenvalue weighted by Gasteiger charge is 2.16. The van der Waals surface area contributed by atoms with E-state index in [0.29, 0.717) is 6.04 Å². The van der Waals surface area contributed by atoms with Crippen molar-refractivity contribution < 1.29 is 4.74 Å². The maximum absolute atomic E-state index is 6.04. The van der Waals surface area contributed by atoms with Gasteiger partial charge in [-0.05, 0) is 47.9 Å². The van der Waals surface area contributed by atoms with E-state index < -0.39 is 0 Å². The van der Waals surface area contributed by atoms with Crippen LogP contribution in [-0.4, -0.2) is 6.61 Å². The van der Waals surface area contributed by atoms with E-state index in [4.69, 9.17) is 16.3 Å². The molecular weight excluding hydrogens is 270 g/mol. The maximum Gasteiger partial charge on any atom is 0.122 e. The maximum atomic E-state index is 6.04. The molecule has 2 aromatic carbocycles. The fraction of sp³-hybridized carbons (Fsp3) is 0.294. The number of ether oxygens (including phenoxy) is 1. The van der Waals surface area contributed by atoms with Crippen LogP contribution in [0.5, 0.6) is 5.75 Å². The Morgan fingerprint density at radius 1 is 1.25 bits per heavy atom. The number of hydrogen-bond donors (Lipinski definition) is 1. The predicted molar refractivity (Wildman–Crippen MR) is 83.7 cm³/mol. The molecule has 0 spiro atoms. The molecule has 1 heterocycles. The number of rotatable bonds is 4. The number of fused-ring (bicyclic) bond motifs is 1. The smallest absolute Gasteiger partial charge is 0.122 e. The minimum absolute atomic E-state index is 0.291. The molecule has 0 bridgehead atoms. The lowest BCUT2D eigenvalue weighted by molar-refractivity contribution is 0.357. The largest absolute Gasteiger partial charge is 0.493 e. The van der Waals surface area contributed by atoms with E-state index in [1.807, 2.05) is 24.3 Å². The molecule has 1 unspecified atom stereocenters. The highest BCUT2D eigenvalue weighted by molar-refractivity contribution is 6.30. The van der Waals surface area contributed by atoms with Gasteiger partial charge in [0.2, 0.25) is 0 Å². The molecule has 0 amide bonds. The van der Waals surface area contributed by atoms with Gasteiger partial charge in [0.1, 0.15) is 5.75 Å². The standard InChI is InChI=1S/C17H18ClNO/c1-2-16(19-15-5-3-4-14(18)11-15)12-6-7-17-13(10-12)8-9-20-17/h3-7,10-11,16,19H,2,8-9H2,1H3. The van der Waals surface area contributed by atoms with Crippen LogP contribution in [-0.2, 0) is 6.42 Å². The Labute approximate surface area is 124 Å². The molecule has 0 saturated carbocycles. The van der Waals surface area contributed by atoms with Gasteiger partial charge in [-0.15, -0.1) is 0 Å². The second kappa shape index (κ2) is 5.76. The molecule has 0 fully saturated rings. The Kier molecular flexibility index (Phi) is 3.83. The van der Waals surface area contributed by atoms with Gasteiger partial charge in [0.15, 0.2) is 0 Å². The van der Waals surface area contributed by atoms with E-state index in [1.54, 1.807) is 0 Å². The first-order valence-electron chi connectivity index (χ1n) is 7.04. The molecule has 0 aromatic heterocycles. The van der Waals surface area contributed by atoms with Crippen molar-refractivity contribution in [3.05, 3.63) is 58.6 Å². The molecule has 0 aliphatic carbocycles. The van der Waals surface area contributed by atoms with Gasteiger partial charge in [0.25, 0.3) is 0 Å². The van der Waals surface area contributed by atoms with Crippen LogP contribution in [0.4, 0.5) is 5.69 Å². The van der Waals surface area contributed by atoms with Crippen LogP contribution in [0.25, 0.3) is 0 Å². The van der Waals surface area contributed by atoms with E-state index in [1.165, 1.54) is 11.1 Å². The van der Waals surface area contributed by atoms with Gasteiger partial charge in [0, 0.05) is 17.1 Å². The minimum Gasteiger partial charge on any atom is -0.493 e. The Morgan fingerprint density at radius 2 is 2.15 bits per heavy atom. The van der Waals surface area contributed by atoms with Crippen molar-refractivity contribution in [1.82, 2.24) is 0 Å². The highest BCUT2D eigenvalue weighted by atomic mass is 35.5. The molecule has 0 saturated heterocycles. The normalized spacial score (nSPS) is 14.5. The lowest BCUT2D eigenvalue weighted by Crippen LogP contribution is -2.09. The van der Waals surface area contributed by atoms with Gasteiger partial charge < -0.3 is 10.1 Å². The van der Waals surface area contributed by atoms with E-state index in [9.17, 15) is 0 Å². The van der Waals surface area contributed by atoms with Crippen molar-refractivity contribution in [2.45, 2.75) is 25.8 Å². The van der Waals surface area contributed by atoms with Gasteiger partial charge in [-0.3, -0.25) is 0 Å². The molecular formula is C17H18ClNO. The van der Waals surface area contributed by atoms with E-state index in [-0.39, 0.29) is 0 Å². The van der Waals surface area contributed by atoms with Crippen molar-refractivity contribution in [1.29, 1.82) is 0 Å². The summed E-state index contributed by atoms with van der Waals surface area (Å²) >= 11 is 6.04. The summed E-state index contributed by atoms with van der Waals surface area (Å²) < 4.78 is 5.56. The first-order valence-corrected chi connectivity index (χ1v) is 7.42. The molecule has 3 heteroatoms. The lowest BCUT2D eigenvalue weighted by Gasteiger charge is -2.19. The molecule has 20 heavy (non-hydrogen) atoms. The SMILES string of the molecule is CCC(Nc1cccc(Cl)c1)c1ccc2c(c1)CCO2. The zero-order valence-electron chi connectivity index (χ0n) is 11.5. The second-order valence-electron chi connectivity index (χ2n) is 5.08. The van der Waals surface area contributed by atoms with Crippen LogP contribution in [0.15, 0.2) is 42.5 Å². The molecule has 1 N–H and O–H groups in total. The van der Waals surface area contributed by atoms with Crippen molar-refractivity contribution in [3.8, 4) is 5.75 Å². The van der Waals surface area contributed by atoms with Crippen LogP contribution in [0, 0.1) is 0 Å². The second-order valence-corrected chi connectivity index (χ2v) is 5.52. The summed E-state index contributed by atoms with van der Waals surface area (Å²) in [6.45, 7) is 2.99. The Morgan fingerprint density at radius 3 is 2.95 bits per heavy atom. The highest BCUT2D eigenvalue weighted by Crippen LogP contribution is 2.31. The number of halogens is 1. The number of benzene rings is 2. The average molecular weight is 288 g/mol. The van der Waals surface area contributed by atoms with Gasteiger partial charge in [-0.25, -0.2) is 0 Å². The topological polar surface area (TPSA) is 21.3 Å². The zero-order valence-corrected chi connectivity index (χ0v) is 12.3. The van der Waals surface area contributed by atoms with Crippen LogP contribution in [0.1, 0.15) is 30.5 Å². The third-order valence-corrected chi connectivity index (χ3v) is 3.92. The summed E-state index contributed by atoms with van der Waals surface area (Å²) in [6.07, 6.45) is 2.03. The lowest BCUT2D eigenvalue weighted by atomic mass is 10.0. The zero-order chi connectivity index (χ0) is 13.9. The Hall–Kier alpha value is -1.67. The summed E-state index contributed by atoms with van der Waals surface area (Å²) in [5.74, 6) is 1.03. The van der Waals surface area contributed by atoms with Crippen LogP contribution >= 0.6 is 11.6 Å². The van der Waals surface area contributed by atoms with E-state index >= 15 is 0 Å². The average Bonchev–Trinajstić information content (AvgIpc) is 2.92. The molecule has 2 aromatic rings. The molecule has 1 aliphatic rings. The molecule has 104 valence electrons. The molecule has 1 atom stereocenters. The van der Waals surface area contributed by atoms with E-state index in [0.717, 1.165) is 35.9 Å². The number of anilines is 1.